The molecule has 0 saturated carbocycles. The summed E-state index contributed by atoms with van der Waals surface area (Å²) < 4.78 is 0. The summed E-state index contributed by atoms with van der Waals surface area (Å²) in [6.07, 6.45) is 17.9. The van der Waals surface area contributed by atoms with E-state index < -0.39 is 0 Å². The minimum absolute atomic E-state index is 0.0966. The fraction of sp³-hybridized carbons (Fsp3) is 1.00. The first-order chi connectivity index (χ1) is 11.1. The molecule has 0 bridgehead atoms. The van der Waals surface area contributed by atoms with Crippen LogP contribution in [-0.4, -0.2) is 18.8 Å². The van der Waals surface area contributed by atoms with Gasteiger partial charge in [-0.15, -0.1) is 0 Å². The Morgan fingerprint density at radius 3 is 1.35 bits per heavy atom. The van der Waals surface area contributed by atoms with Crippen molar-refractivity contribution in [3.8, 4) is 0 Å². The van der Waals surface area contributed by atoms with Gasteiger partial charge in [-0.3, -0.25) is 0 Å². The smallest absolute Gasteiger partial charge is 0.0520 e. The van der Waals surface area contributed by atoms with Crippen LogP contribution in [0.5, 0.6) is 0 Å². The molecule has 0 fully saturated rings. The van der Waals surface area contributed by atoms with Gasteiger partial charge in [-0.05, 0) is 12.8 Å². The fourth-order valence-electron chi connectivity index (χ4n) is 2.47. The molecule has 4 nitrogen and oxygen atoms in total. The Morgan fingerprint density at radius 2 is 0.957 bits per heavy atom. The normalized spacial score (nSPS) is 12.1. The second-order valence-corrected chi connectivity index (χ2v) is 6.77. The Hall–Kier alpha value is -0.160. The van der Waals surface area contributed by atoms with Crippen molar-refractivity contribution in [1.82, 2.24) is 0 Å². The average Bonchev–Trinajstić information content (AvgIpc) is 2.54. The molecule has 0 aromatic rings. The van der Waals surface area contributed by atoms with Crippen molar-refractivity contribution in [3.05, 3.63) is 0 Å². The van der Waals surface area contributed by atoms with E-state index in [1.54, 1.807) is 0 Å². The van der Waals surface area contributed by atoms with Gasteiger partial charge in [0.15, 0.2) is 0 Å². The summed E-state index contributed by atoms with van der Waals surface area (Å²) in [5, 5.41) is 0. The van der Waals surface area contributed by atoms with Gasteiger partial charge in [0.25, 0.3) is 0 Å². The molecule has 0 saturated heterocycles. The maximum Gasteiger partial charge on any atom is 0.0520 e. The summed E-state index contributed by atoms with van der Waals surface area (Å²) in [4.78, 5) is 0. The third-order valence-corrected chi connectivity index (χ3v) is 4.12. The molecular formula is C19H46N4. The maximum atomic E-state index is 5.66. The number of hydrogen-bond donors (Lipinski definition) is 4. The largest absolute Gasteiger partial charge is 0.329 e. The molecule has 1 atom stereocenters. The van der Waals surface area contributed by atoms with E-state index in [9.17, 15) is 0 Å². The first-order valence-corrected chi connectivity index (χ1v) is 10.0. The molecule has 0 radical (unpaired) electrons. The van der Waals surface area contributed by atoms with Gasteiger partial charge in [-0.2, -0.15) is 0 Å². The molecule has 0 rings (SSSR count). The lowest BCUT2D eigenvalue weighted by Crippen LogP contribution is -2.29. The lowest BCUT2D eigenvalue weighted by molar-refractivity contribution is 0.538. The van der Waals surface area contributed by atoms with Gasteiger partial charge >= 0.3 is 0 Å². The van der Waals surface area contributed by atoms with E-state index in [1.807, 2.05) is 0 Å². The minimum Gasteiger partial charge on any atom is -0.329 e. The van der Waals surface area contributed by atoms with Crippen LogP contribution in [0, 0.1) is 0 Å². The van der Waals surface area contributed by atoms with Gasteiger partial charge in [-0.1, -0.05) is 90.9 Å². The van der Waals surface area contributed by atoms with Crippen LogP contribution in [-0.2, 0) is 0 Å². The summed E-state index contributed by atoms with van der Waals surface area (Å²) in [5.41, 5.74) is 21.9. The van der Waals surface area contributed by atoms with Crippen LogP contribution in [0.1, 0.15) is 104 Å². The second kappa shape index (κ2) is 21.8. The monoisotopic (exact) mass is 330 g/mol. The van der Waals surface area contributed by atoms with E-state index in [0.717, 1.165) is 12.8 Å². The van der Waals surface area contributed by atoms with Crippen LogP contribution in [0.25, 0.3) is 0 Å². The van der Waals surface area contributed by atoms with Crippen LogP contribution in [0.15, 0.2) is 0 Å². The molecule has 8 N–H and O–H groups in total. The van der Waals surface area contributed by atoms with Gasteiger partial charge in [0.2, 0.25) is 0 Å². The Bertz CT molecular complexity index is 198. The van der Waals surface area contributed by atoms with Crippen LogP contribution >= 0.6 is 0 Å². The topological polar surface area (TPSA) is 104 Å². The molecule has 0 heterocycles. The molecule has 4 heteroatoms. The zero-order valence-corrected chi connectivity index (χ0v) is 16.1. The van der Waals surface area contributed by atoms with E-state index in [4.69, 9.17) is 22.9 Å². The number of unbranched alkanes of at least 4 members (excludes halogenated alkanes) is 10. The lowest BCUT2D eigenvalue weighted by Gasteiger charge is -2.06. The van der Waals surface area contributed by atoms with Crippen molar-refractivity contribution in [2.24, 2.45) is 22.9 Å². The molecule has 0 aliphatic heterocycles. The third kappa shape index (κ3) is 27.0. The molecule has 0 aliphatic rings. The van der Waals surface area contributed by atoms with E-state index in [1.165, 1.54) is 77.0 Å². The van der Waals surface area contributed by atoms with E-state index in [2.05, 4.69) is 13.8 Å². The Kier molecular flexibility index (Phi) is 23.8. The van der Waals surface area contributed by atoms with E-state index >= 15 is 0 Å². The van der Waals surface area contributed by atoms with Gasteiger partial charge in [0.1, 0.15) is 0 Å². The Labute approximate surface area is 146 Å². The highest BCUT2D eigenvalue weighted by atomic mass is 14.8. The van der Waals surface area contributed by atoms with Gasteiger partial charge in [0.05, 0.1) is 6.17 Å². The molecule has 0 amide bonds. The summed E-state index contributed by atoms with van der Waals surface area (Å²) in [6.45, 7) is 5.10. The highest BCUT2D eigenvalue weighted by Crippen LogP contribution is 2.08. The molecule has 0 spiro atoms. The second-order valence-electron chi connectivity index (χ2n) is 6.77. The van der Waals surface area contributed by atoms with Crippen molar-refractivity contribution in [2.45, 2.75) is 116 Å². The highest BCUT2D eigenvalue weighted by Gasteiger charge is 1.97. The number of rotatable bonds is 15. The standard InChI is InChI=1S/C10H24N2.C9H22N2/c1-2-3-4-5-6-7-8-9-10(11)12;1-2-3-4-5-6-7-9(11)8-10/h10H,2-9,11-12H2,1H3;9H,2-8,10-11H2,1H3. The first kappa shape index (κ1) is 25.1. The minimum atomic E-state index is -0.0966. The maximum absolute atomic E-state index is 5.66. The molecule has 0 aromatic carbocycles. The van der Waals surface area contributed by atoms with Crippen LogP contribution in [0.3, 0.4) is 0 Å². The fourth-order valence-corrected chi connectivity index (χ4v) is 2.47. The van der Waals surface area contributed by atoms with Crippen LogP contribution in [0.2, 0.25) is 0 Å². The van der Waals surface area contributed by atoms with Crippen molar-refractivity contribution in [3.63, 3.8) is 0 Å². The van der Waals surface area contributed by atoms with Crippen molar-refractivity contribution >= 4 is 0 Å². The molecule has 0 aliphatic carbocycles. The number of nitrogens with two attached hydrogens (primary N) is 4. The quantitative estimate of drug-likeness (QED) is 0.269. The zero-order chi connectivity index (χ0) is 17.8. The predicted molar refractivity (Wildman–Crippen MR) is 105 cm³/mol. The molecule has 23 heavy (non-hydrogen) atoms. The summed E-state index contributed by atoms with van der Waals surface area (Å²) in [7, 11) is 0. The lowest BCUT2D eigenvalue weighted by atomic mass is 10.1. The summed E-state index contributed by atoms with van der Waals surface area (Å²) in [5.74, 6) is 0. The van der Waals surface area contributed by atoms with Gasteiger partial charge in [-0.25, -0.2) is 0 Å². The molecule has 142 valence electrons. The third-order valence-electron chi connectivity index (χ3n) is 4.12. The van der Waals surface area contributed by atoms with Gasteiger partial charge < -0.3 is 22.9 Å². The van der Waals surface area contributed by atoms with Crippen LogP contribution < -0.4 is 22.9 Å². The van der Waals surface area contributed by atoms with Crippen molar-refractivity contribution in [1.29, 1.82) is 0 Å². The summed E-state index contributed by atoms with van der Waals surface area (Å²) >= 11 is 0. The molecule has 0 aromatic heterocycles. The van der Waals surface area contributed by atoms with Crippen molar-refractivity contribution in [2.75, 3.05) is 6.54 Å². The average molecular weight is 331 g/mol. The van der Waals surface area contributed by atoms with Crippen LogP contribution in [0.4, 0.5) is 0 Å². The number of hydrogen-bond acceptors (Lipinski definition) is 4. The predicted octanol–water partition coefficient (Wildman–Crippen LogP) is 4.00. The highest BCUT2D eigenvalue weighted by molar-refractivity contribution is 4.60. The Balaban J connectivity index is 0. The van der Waals surface area contributed by atoms with E-state index in [0.29, 0.717) is 6.54 Å². The molecular weight excluding hydrogens is 284 g/mol. The molecule has 1 unspecified atom stereocenters. The van der Waals surface area contributed by atoms with Crippen molar-refractivity contribution < 1.29 is 0 Å². The SMILES string of the molecule is CCCCCCCC(N)CN.CCCCCCCCCC(N)N. The first-order valence-electron chi connectivity index (χ1n) is 10.0. The Morgan fingerprint density at radius 1 is 0.565 bits per heavy atom. The van der Waals surface area contributed by atoms with Gasteiger partial charge in [0, 0.05) is 12.6 Å². The zero-order valence-electron chi connectivity index (χ0n) is 16.1. The van der Waals surface area contributed by atoms with E-state index in [-0.39, 0.29) is 12.2 Å². The summed E-state index contributed by atoms with van der Waals surface area (Å²) in [6, 6.07) is 0.233.